The Hall–Kier alpha value is -1.65. The maximum Gasteiger partial charge on any atom is 0.0537 e. The highest BCUT2D eigenvalue weighted by Crippen LogP contribution is 2.22. The molecule has 114 valence electrons. The zero-order valence-corrected chi connectivity index (χ0v) is 13.0. The molecule has 0 aliphatic rings. The molecular weight excluding hydrogens is 262 g/mol. The largest absolute Gasteiger partial charge is 0.396 e. The Labute approximate surface area is 126 Å². The average molecular weight is 287 g/mol. The second-order valence-corrected chi connectivity index (χ2v) is 5.71. The van der Waals surface area contributed by atoms with Crippen LogP contribution < -0.4 is 5.32 Å². The van der Waals surface area contributed by atoms with Gasteiger partial charge in [-0.3, -0.25) is 4.68 Å². The summed E-state index contributed by atoms with van der Waals surface area (Å²) in [5.41, 5.74) is 2.37. The number of aliphatic hydroxyl groups excluding tert-OH is 1. The molecule has 1 heterocycles. The molecular formula is C17H25N3O. The molecule has 1 unspecified atom stereocenters. The van der Waals surface area contributed by atoms with Crippen LogP contribution in [-0.4, -0.2) is 21.5 Å². The minimum absolute atomic E-state index is 0.147. The third kappa shape index (κ3) is 4.16. The van der Waals surface area contributed by atoms with Gasteiger partial charge in [-0.1, -0.05) is 30.3 Å². The van der Waals surface area contributed by atoms with E-state index in [1.54, 1.807) is 0 Å². The van der Waals surface area contributed by atoms with Gasteiger partial charge in [0.05, 0.1) is 6.20 Å². The monoisotopic (exact) mass is 287 g/mol. The highest BCUT2D eigenvalue weighted by atomic mass is 16.3. The molecule has 1 aromatic carbocycles. The van der Waals surface area contributed by atoms with Crippen LogP contribution in [0.25, 0.3) is 0 Å². The van der Waals surface area contributed by atoms with Crippen LogP contribution >= 0.6 is 0 Å². The lowest BCUT2D eigenvalue weighted by molar-refractivity contribution is 0.260. The summed E-state index contributed by atoms with van der Waals surface area (Å²) >= 11 is 0. The van der Waals surface area contributed by atoms with Crippen molar-refractivity contribution in [2.75, 3.05) is 6.61 Å². The summed E-state index contributed by atoms with van der Waals surface area (Å²) in [6.45, 7) is 6.54. The van der Waals surface area contributed by atoms with Crippen LogP contribution in [0.4, 0.5) is 0 Å². The van der Waals surface area contributed by atoms with E-state index in [9.17, 15) is 5.11 Å². The molecule has 4 heteroatoms. The second kappa shape index (κ2) is 7.38. The van der Waals surface area contributed by atoms with E-state index in [1.165, 1.54) is 11.1 Å². The fourth-order valence-electron chi connectivity index (χ4n) is 2.42. The van der Waals surface area contributed by atoms with Crippen molar-refractivity contribution in [3.63, 3.8) is 0 Å². The van der Waals surface area contributed by atoms with E-state index in [0.29, 0.717) is 12.5 Å². The number of hydrogen-bond donors (Lipinski definition) is 2. The Morgan fingerprint density at radius 2 is 1.86 bits per heavy atom. The second-order valence-electron chi connectivity index (χ2n) is 5.71. The summed E-state index contributed by atoms with van der Waals surface area (Å²) in [5.74, 6) is 0. The van der Waals surface area contributed by atoms with Crippen molar-refractivity contribution in [2.45, 2.75) is 45.3 Å². The minimum atomic E-state index is 0.147. The van der Waals surface area contributed by atoms with Crippen LogP contribution in [0.2, 0.25) is 0 Å². The first kappa shape index (κ1) is 15.7. The fourth-order valence-corrected chi connectivity index (χ4v) is 2.42. The number of aromatic nitrogens is 2. The Morgan fingerprint density at radius 1 is 1.14 bits per heavy atom. The molecule has 0 spiro atoms. The van der Waals surface area contributed by atoms with Crippen molar-refractivity contribution in [1.29, 1.82) is 0 Å². The first-order chi connectivity index (χ1) is 10.1. The molecule has 21 heavy (non-hydrogen) atoms. The number of benzene rings is 1. The molecule has 2 N–H and O–H groups in total. The van der Waals surface area contributed by atoms with E-state index in [-0.39, 0.29) is 18.7 Å². The molecule has 2 atom stereocenters. The summed E-state index contributed by atoms with van der Waals surface area (Å²) in [6, 6.07) is 11.0. The molecule has 0 saturated carbocycles. The number of rotatable bonds is 7. The van der Waals surface area contributed by atoms with Gasteiger partial charge in [0.1, 0.15) is 0 Å². The first-order valence-electron chi connectivity index (χ1n) is 7.57. The zero-order chi connectivity index (χ0) is 15.2. The molecule has 0 aliphatic carbocycles. The van der Waals surface area contributed by atoms with E-state index in [1.807, 2.05) is 29.1 Å². The third-order valence-corrected chi connectivity index (χ3v) is 3.72. The lowest BCUT2D eigenvalue weighted by atomic mass is 10.0. The van der Waals surface area contributed by atoms with Crippen molar-refractivity contribution < 1.29 is 5.11 Å². The summed E-state index contributed by atoms with van der Waals surface area (Å²) in [4.78, 5) is 0. The Bertz CT molecular complexity index is 536. The molecule has 0 fully saturated rings. The first-order valence-corrected chi connectivity index (χ1v) is 7.57. The molecule has 4 nitrogen and oxygen atoms in total. The highest BCUT2D eigenvalue weighted by molar-refractivity contribution is 5.20. The maximum absolute atomic E-state index is 9.30. The van der Waals surface area contributed by atoms with E-state index < -0.39 is 0 Å². The number of nitrogens with one attached hydrogen (secondary N) is 1. The SMILES string of the molecule is CC(N[C@H](CCO)c1ccccc1)c1cnn(C(C)C)c1. The van der Waals surface area contributed by atoms with Gasteiger partial charge in [0, 0.05) is 36.5 Å². The third-order valence-electron chi connectivity index (χ3n) is 3.72. The van der Waals surface area contributed by atoms with Gasteiger partial charge in [-0.15, -0.1) is 0 Å². The summed E-state index contributed by atoms with van der Waals surface area (Å²) in [6.07, 6.45) is 4.70. The smallest absolute Gasteiger partial charge is 0.0537 e. The van der Waals surface area contributed by atoms with Gasteiger partial charge in [0.25, 0.3) is 0 Å². The summed E-state index contributed by atoms with van der Waals surface area (Å²) < 4.78 is 1.97. The Balaban J connectivity index is 2.08. The van der Waals surface area contributed by atoms with E-state index >= 15 is 0 Å². The summed E-state index contributed by atoms with van der Waals surface area (Å²) in [7, 11) is 0. The standard InChI is InChI=1S/C17H25N3O/c1-13(2)20-12-16(11-18-20)14(3)19-17(9-10-21)15-7-5-4-6-8-15/h4-8,11-14,17,19,21H,9-10H2,1-3H3/t14?,17-/m1/s1. The van der Waals surface area contributed by atoms with Crippen LogP contribution in [-0.2, 0) is 0 Å². The molecule has 0 aliphatic heterocycles. The van der Waals surface area contributed by atoms with Gasteiger partial charge in [-0.25, -0.2) is 0 Å². The predicted molar refractivity (Wildman–Crippen MR) is 85.0 cm³/mol. The van der Waals surface area contributed by atoms with Crippen molar-refractivity contribution >= 4 is 0 Å². The molecule has 2 rings (SSSR count). The molecule has 1 aromatic heterocycles. The normalized spacial score (nSPS) is 14.3. The Morgan fingerprint density at radius 3 is 2.43 bits per heavy atom. The van der Waals surface area contributed by atoms with Gasteiger partial charge in [-0.2, -0.15) is 5.10 Å². The molecule has 2 aromatic rings. The maximum atomic E-state index is 9.30. The molecule has 0 radical (unpaired) electrons. The Kier molecular flexibility index (Phi) is 5.53. The van der Waals surface area contributed by atoms with E-state index in [4.69, 9.17) is 0 Å². The fraction of sp³-hybridized carbons (Fsp3) is 0.471. The van der Waals surface area contributed by atoms with Crippen LogP contribution in [0.3, 0.4) is 0 Å². The van der Waals surface area contributed by atoms with Crippen LogP contribution in [0.5, 0.6) is 0 Å². The van der Waals surface area contributed by atoms with Gasteiger partial charge < -0.3 is 10.4 Å². The predicted octanol–water partition coefficient (Wildman–Crippen LogP) is 3.24. The van der Waals surface area contributed by atoms with Gasteiger partial charge >= 0.3 is 0 Å². The van der Waals surface area contributed by atoms with Gasteiger partial charge in [-0.05, 0) is 32.8 Å². The molecule has 0 saturated heterocycles. The zero-order valence-electron chi connectivity index (χ0n) is 13.0. The van der Waals surface area contributed by atoms with Crippen molar-refractivity contribution in [3.05, 3.63) is 53.9 Å². The summed E-state index contributed by atoms with van der Waals surface area (Å²) in [5, 5.41) is 17.3. The topological polar surface area (TPSA) is 50.1 Å². The number of aliphatic hydroxyl groups is 1. The van der Waals surface area contributed by atoms with Crippen molar-refractivity contribution in [3.8, 4) is 0 Å². The minimum Gasteiger partial charge on any atom is -0.396 e. The van der Waals surface area contributed by atoms with Crippen LogP contribution in [0.15, 0.2) is 42.7 Å². The molecule has 0 amide bonds. The number of nitrogens with zero attached hydrogens (tertiary/aromatic N) is 2. The van der Waals surface area contributed by atoms with Crippen molar-refractivity contribution in [2.24, 2.45) is 0 Å². The lowest BCUT2D eigenvalue weighted by Gasteiger charge is -2.22. The van der Waals surface area contributed by atoms with Crippen molar-refractivity contribution in [1.82, 2.24) is 15.1 Å². The highest BCUT2D eigenvalue weighted by Gasteiger charge is 2.16. The molecule has 0 bridgehead atoms. The van der Waals surface area contributed by atoms with E-state index in [2.05, 4.69) is 49.5 Å². The van der Waals surface area contributed by atoms with Crippen LogP contribution in [0.1, 0.15) is 56.4 Å². The van der Waals surface area contributed by atoms with E-state index in [0.717, 1.165) is 0 Å². The van der Waals surface area contributed by atoms with Gasteiger partial charge in [0.15, 0.2) is 0 Å². The number of hydrogen-bond acceptors (Lipinski definition) is 3. The van der Waals surface area contributed by atoms with Gasteiger partial charge in [0.2, 0.25) is 0 Å². The quantitative estimate of drug-likeness (QED) is 0.822. The lowest BCUT2D eigenvalue weighted by Crippen LogP contribution is -2.25. The van der Waals surface area contributed by atoms with Crippen LogP contribution in [0, 0.1) is 0 Å². The average Bonchev–Trinajstić information content (AvgIpc) is 2.98.